The molecule has 8 nitrogen and oxygen atoms in total. The topological polar surface area (TPSA) is 97.8 Å². The van der Waals surface area contributed by atoms with Crippen molar-refractivity contribution in [3.05, 3.63) is 84.2 Å². The lowest BCUT2D eigenvalue weighted by molar-refractivity contribution is -0.120. The highest BCUT2D eigenvalue weighted by Gasteiger charge is 2.32. The third kappa shape index (κ3) is 5.88. The summed E-state index contributed by atoms with van der Waals surface area (Å²) in [5.74, 6) is 1.67. The average Bonchev–Trinajstić information content (AvgIpc) is 3.42. The van der Waals surface area contributed by atoms with E-state index in [-0.39, 0.29) is 29.8 Å². The molecular weight excluding hydrogens is 522 g/mol. The van der Waals surface area contributed by atoms with Crippen molar-refractivity contribution in [3.8, 4) is 28.5 Å². The van der Waals surface area contributed by atoms with Crippen molar-refractivity contribution in [2.24, 2.45) is 5.92 Å². The predicted octanol–water partition coefficient (Wildman–Crippen LogP) is 5.65. The van der Waals surface area contributed by atoms with E-state index >= 15 is 0 Å². The molecule has 196 valence electrons. The number of nitrogens with one attached hydrogen (secondary N) is 1. The number of nitrogens with zero attached hydrogens (tertiary/aromatic N) is 2. The Bertz CT molecular complexity index is 1480. The maximum Gasteiger partial charge on any atom is 0.243 e. The molecule has 1 aromatic heterocycles. The van der Waals surface area contributed by atoms with E-state index in [4.69, 9.17) is 9.47 Å². The Morgan fingerprint density at radius 2 is 1.55 bits per heavy atom. The zero-order chi connectivity index (χ0) is 26.5. The Hall–Kier alpha value is -3.73. The Kier molecular flexibility index (Phi) is 7.73. The molecule has 4 aromatic rings. The molecule has 1 amide bonds. The Morgan fingerprint density at radius 1 is 0.921 bits per heavy atom. The molecule has 1 N–H and O–H groups in total. The van der Waals surface area contributed by atoms with E-state index in [1.165, 1.54) is 34.9 Å². The second-order valence-corrected chi connectivity index (χ2v) is 11.6. The SMILES string of the molecule is COc1ccc(S(=O)(=O)N2CCC(C(=O)Nc3nc(-c4ccc(Oc5ccccc5)cc4)cs3)CC2)cc1. The highest BCUT2D eigenvalue weighted by atomic mass is 32.2. The Balaban J connectivity index is 1.15. The quantitative estimate of drug-likeness (QED) is 0.305. The molecule has 0 radical (unpaired) electrons. The lowest BCUT2D eigenvalue weighted by atomic mass is 9.97. The van der Waals surface area contributed by atoms with Crippen LogP contribution < -0.4 is 14.8 Å². The lowest BCUT2D eigenvalue weighted by Gasteiger charge is -2.30. The van der Waals surface area contributed by atoms with Crippen LogP contribution in [0.25, 0.3) is 11.3 Å². The first-order valence-electron chi connectivity index (χ1n) is 12.2. The van der Waals surface area contributed by atoms with Gasteiger partial charge in [0.2, 0.25) is 15.9 Å². The number of piperidine rings is 1. The summed E-state index contributed by atoms with van der Waals surface area (Å²) in [5.41, 5.74) is 1.68. The number of thiazole rings is 1. The standard InChI is InChI=1S/C28H27N3O5S2/c1-35-22-11-13-25(14-12-22)38(33,34)31-17-15-21(16-18-31)27(32)30-28-29-26(19-37-28)20-7-9-24(10-8-20)36-23-5-3-2-4-6-23/h2-14,19,21H,15-18H2,1H3,(H,29,30,32). The van der Waals surface area contributed by atoms with Crippen LogP contribution in [-0.2, 0) is 14.8 Å². The number of amides is 1. The summed E-state index contributed by atoms with van der Waals surface area (Å²) < 4.78 is 38.3. The Labute approximate surface area is 225 Å². The summed E-state index contributed by atoms with van der Waals surface area (Å²) in [6.07, 6.45) is 0.894. The number of benzene rings is 3. The summed E-state index contributed by atoms with van der Waals surface area (Å²) in [5, 5.41) is 5.32. The number of anilines is 1. The molecule has 1 aliphatic rings. The number of hydrogen-bond acceptors (Lipinski definition) is 7. The van der Waals surface area contributed by atoms with Gasteiger partial charge in [-0.05, 0) is 73.5 Å². The van der Waals surface area contributed by atoms with Crippen LogP contribution in [0.1, 0.15) is 12.8 Å². The van der Waals surface area contributed by atoms with E-state index in [1.54, 1.807) is 12.1 Å². The highest BCUT2D eigenvalue weighted by Crippen LogP contribution is 2.30. The molecule has 1 aliphatic heterocycles. The van der Waals surface area contributed by atoms with Crippen LogP contribution >= 0.6 is 11.3 Å². The highest BCUT2D eigenvalue weighted by molar-refractivity contribution is 7.89. The smallest absolute Gasteiger partial charge is 0.243 e. The van der Waals surface area contributed by atoms with E-state index in [9.17, 15) is 13.2 Å². The van der Waals surface area contributed by atoms with Gasteiger partial charge in [-0.25, -0.2) is 13.4 Å². The minimum atomic E-state index is -3.62. The van der Waals surface area contributed by atoms with Crippen LogP contribution in [0.2, 0.25) is 0 Å². The van der Waals surface area contributed by atoms with Gasteiger partial charge in [0, 0.05) is 30.0 Å². The van der Waals surface area contributed by atoms with Gasteiger partial charge in [-0.1, -0.05) is 18.2 Å². The number of ether oxygens (including phenoxy) is 2. The van der Waals surface area contributed by atoms with Crippen LogP contribution in [0.4, 0.5) is 5.13 Å². The molecule has 0 atom stereocenters. The zero-order valence-corrected chi connectivity index (χ0v) is 22.4. The second-order valence-electron chi connectivity index (χ2n) is 8.82. The lowest BCUT2D eigenvalue weighted by Crippen LogP contribution is -2.41. The van der Waals surface area contributed by atoms with Crippen LogP contribution in [-0.4, -0.2) is 43.8 Å². The number of carbonyl (C=O) groups excluding carboxylic acids is 1. The summed E-state index contributed by atoms with van der Waals surface area (Å²) in [7, 11) is -2.08. The van der Waals surface area contributed by atoms with Crippen molar-refractivity contribution in [2.45, 2.75) is 17.7 Å². The Morgan fingerprint density at radius 3 is 2.21 bits per heavy atom. The molecule has 0 bridgehead atoms. The number of sulfonamides is 1. The number of methoxy groups -OCH3 is 1. The van der Waals surface area contributed by atoms with Crippen molar-refractivity contribution < 1.29 is 22.7 Å². The van der Waals surface area contributed by atoms with Gasteiger partial charge in [-0.2, -0.15) is 4.31 Å². The molecule has 0 saturated carbocycles. The normalized spacial score (nSPS) is 14.7. The number of rotatable bonds is 8. The van der Waals surface area contributed by atoms with Crippen molar-refractivity contribution >= 4 is 32.4 Å². The number of carbonyl (C=O) groups is 1. The molecule has 0 spiro atoms. The summed E-state index contributed by atoms with van der Waals surface area (Å²) in [6, 6.07) is 23.5. The zero-order valence-electron chi connectivity index (χ0n) is 20.7. The molecule has 1 fully saturated rings. The number of para-hydroxylation sites is 1. The van der Waals surface area contributed by atoms with Gasteiger partial charge >= 0.3 is 0 Å². The first-order chi connectivity index (χ1) is 18.4. The van der Waals surface area contributed by atoms with E-state index in [0.717, 1.165) is 22.8 Å². The molecule has 3 aromatic carbocycles. The van der Waals surface area contributed by atoms with Crippen molar-refractivity contribution in [1.29, 1.82) is 0 Å². The molecular formula is C28H27N3O5S2. The second kappa shape index (κ2) is 11.3. The van der Waals surface area contributed by atoms with Gasteiger partial charge in [-0.3, -0.25) is 4.79 Å². The van der Waals surface area contributed by atoms with E-state index in [1.807, 2.05) is 60.0 Å². The fraction of sp³-hybridized carbons (Fsp3) is 0.214. The van der Waals surface area contributed by atoms with Gasteiger partial charge in [0.05, 0.1) is 17.7 Å². The van der Waals surface area contributed by atoms with Crippen LogP contribution in [0.3, 0.4) is 0 Å². The van der Waals surface area contributed by atoms with Crippen LogP contribution in [0.15, 0.2) is 89.1 Å². The van der Waals surface area contributed by atoms with Crippen LogP contribution in [0, 0.1) is 5.92 Å². The molecule has 0 aliphatic carbocycles. The van der Waals surface area contributed by atoms with Gasteiger partial charge in [0.25, 0.3) is 0 Å². The average molecular weight is 550 g/mol. The summed E-state index contributed by atoms with van der Waals surface area (Å²) in [6.45, 7) is 0.569. The fourth-order valence-electron chi connectivity index (χ4n) is 4.24. The third-order valence-corrected chi connectivity index (χ3v) is 9.06. The van der Waals surface area contributed by atoms with Crippen molar-refractivity contribution in [2.75, 3.05) is 25.5 Å². The minimum absolute atomic E-state index is 0.140. The summed E-state index contributed by atoms with van der Waals surface area (Å²) in [4.78, 5) is 17.7. The van der Waals surface area contributed by atoms with Gasteiger partial charge in [-0.15, -0.1) is 11.3 Å². The maximum absolute atomic E-state index is 13.0. The monoisotopic (exact) mass is 549 g/mol. The molecule has 2 heterocycles. The fourth-order valence-corrected chi connectivity index (χ4v) is 6.44. The van der Waals surface area contributed by atoms with Gasteiger partial charge in [0.1, 0.15) is 17.2 Å². The minimum Gasteiger partial charge on any atom is -0.497 e. The van der Waals surface area contributed by atoms with Crippen molar-refractivity contribution in [1.82, 2.24) is 9.29 Å². The maximum atomic E-state index is 13.0. The number of hydrogen-bond donors (Lipinski definition) is 1. The molecule has 1 saturated heterocycles. The van der Waals surface area contributed by atoms with Crippen LogP contribution in [0.5, 0.6) is 17.2 Å². The first-order valence-corrected chi connectivity index (χ1v) is 14.5. The van der Waals surface area contributed by atoms with Gasteiger partial charge < -0.3 is 14.8 Å². The molecule has 38 heavy (non-hydrogen) atoms. The number of aromatic nitrogens is 1. The summed E-state index contributed by atoms with van der Waals surface area (Å²) >= 11 is 1.36. The van der Waals surface area contributed by atoms with Crippen molar-refractivity contribution in [3.63, 3.8) is 0 Å². The van der Waals surface area contributed by atoms with E-state index < -0.39 is 10.0 Å². The predicted molar refractivity (Wildman–Crippen MR) is 147 cm³/mol. The molecule has 10 heteroatoms. The van der Waals surface area contributed by atoms with E-state index in [2.05, 4.69) is 10.3 Å². The first kappa shape index (κ1) is 25.9. The van der Waals surface area contributed by atoms with E-state index in [0.29, 0.717) is 23.7 Å². The largest absolute Gasteiger partial charge is 0.497 e. The third-order valence-electron chi connectivity index (χ3n) is 6.39. The molecule has 0 unspecified atom stereocenters. The molecule has 5 rings (SSSR count). The van der Waals surface area contributed by atoms with Gasteiger partial charge in [0.15, 0.2) is 5.13 Å².